The maximum atomic E-state index is 13.0. The lowest BCUT2D eigenvalue weighted by atomic mass is 9.47. The number of allylic oxidation sites excluding steroid dienone is 4. The summed E-state index contributed by atoms with van der Waals surface area (Å²) in [5.41, 5.74) is 1.64. The molecule has 24 heavy (non-hydrogen) atoms. The number of rotatable bonds is 0. The van der Waals surface area contributed by atoms with E-state index in [1.807, 2.05) is 6.08 Å². The first-order valence-electron chi connectivity index (χ1n) is 9.87. The molecule has 0 aliphatic heterocycles. The Morgan fingerprint density at radius 3 is 2.58 bits per heavy atom. The number of carbonyl (C=O) groups excluding carboxylic acids is 2. The molecule has 0 bridgehead atoms. The van der Waals surface area contributed by atoms with Gasteiger partial charge >= 0.3 is 0 Å². The van der Waals surface area contributed by atoms with Crippen LogP contribution in [0.15, 0.2) is 23.8 Å². The van der Waals surface area contributed by atoms with E-state index in [-0.39, 0.29) is 22.0 Å². The molecule has 0 N–H and O–H groups in total. The number of Topliss-reactive ketones (excluding diaryl/α,β-unsaturated/α-hetero) is 1. The Kier molecular flexibility index (Phi) is 2.84. The molecule has 128 valence electrons. The number of hydrogen-bond acceptors (Lipinski definition) is 2. The Morgan fingerprint density at radius 1 is 0.958 bits per heavy atom. The van der Waals surface area contributed by atoms with Crippen LogP contribution in [0.25, 0.3) is 0 Å². The van der Waals surface area contributed by atoms with E-state index in [1.165, 1.54) is 18.4 Å². The van der Waals surface area contributed by atoms with E-state index >= 15 is 0 Å². The molecule has 0 aromatic heterocycles. The first kappa shape index (κ1) is 15.1. The lowest BCUT2D eigenvalue weighted by Gasteiger charge is -2.56. The molecular weight excluding hydrogens is 296 g/mol. The molecule has 3 fully saturated rings. The third-order valence-corrected chi connectivity index (χ3v) is 9.08. The zero-order valence-electron chi connectivity index (χ0n) is 14.9. The number of carbonyl (C=O) groups is 2. The monoisotopic (exact) mass is 324 g/mol. The van der Waals surface area contributed by atoms with Gasteiger partial charge in [-0.1, -0.05) is 26.0 Å². The van der Waals surface area contributed by atoms with Gasteiger partial charge in [-0.25, -0.2) is 0 Å². The predicted octanol–water partition coefficient (Wildman–Crippen LogP) is 4.64. The highest BCUT2D eigenvalue weighted by atomic mass is 16.1. The molecular formula is C22H28O2. The van der Waals surface area contributed by atoms with E-state index in [4.69, 9.17) is 0 Å². The minimum absolute atomic E-state index is 0.0272. The normalized spacial score (nSPS) is 52.4. The molecule has 0 heterocycles. The second kappa shape index (κ2) is 4.51. The molecule has 5 rings (SSSR count). The first-order chi connectivity index (χ1) is 11.4. The van der Waals surface area contributed by atoms with Crippen LogP contribution in [-0.2, 0) is 9.59 Å². The van der Waals surface area contributed by atoms with Crippen molar-refractivity contribution in [2.45, 2.75) is 65.2 Å². The van der Waals surface area contributed by atoms with Crippen molar-refractivity contribution in [3.63, 3.8) is 0 Å². The quantitative estimate of drug-likeness (QED) is 0.650. The van der Waals surface area contributed by atoms with Gasteiger partial charge in [0.2, 0.25) is 0 Å². The van der Waals surface area contributed by atoms with E-state index in [9.17, 15) is 9.59 Å². The van der Waals surface area contributed by atoms with E-state index in [1.54, 1.807) is 0 Å². The van der Waals surface area contributed by atoms with Crippen LogP contribution >= 0.6 is 0 Å². The predicted molar refractivity (Wildman–Crippen MR) is 93.3 cm³/mol. The largest absolute Gasteiger partial charge is 0.299 e. The van der Waals surface area contributed by atoms with Crippen LogP contribution in [0.3, 0.4) is 0 Å². The van der Waals surface area contributed by atoms with Gasteiger partial charge in [-0.2, -0.15) is 0 Å². The summed E-state index contributed by atoms with van der Waals surface area (Å²) in [7, 11) is 0. The third-order valence-electron chi connectivity index (χ3n) is 9.08. The number of fused-ring (bicyclic) bond motifs is 4. The van der Waals surface area contributed by atoms with Crippen LogP contribution in [0.5, 0.6) is 0 Å². The number of ketones is 2. The third kappa shape index (κ3) is 1.54. The SMILES string of the molecule is C[C@]12CCC(=O)[C@]13CCC1C(C=CC4=CC(=O)CC[C@@]41C)C3CC2. The summed E-state index contributed by atoms with van der Waals surface area (Å²) in [4.78, 5) is 24.9. The highest BCUT2D eigenvalue weighted by Gasteiger charge is 2.68. The van der Waals surface area contributed by atoms with Crippen LogP contribution < -0.4 is 0 Å². The van der Waals surface area contributed by atoms with Gasteiger partial charge in [0.1, 0.15) is 5.78 Å². The van der Waals surface area contributed by atoms with E-state index in [0.717, 1.165) is 32.1 Å². The van der Waals surface area contributed by atoms with Crippen molar-refractivity contribution in [2.24, 2.45) is 34.0 Å². The minimum atomic E-state index is -0.0272. The molecule has 0 radical (unpaired) electrons. The summed E-state index contributed by atoms with van der Waals surface area (Å²) >= 11 is 0. The first-order valence-corrected chi connectivity index (χ1v) is 9.87. The molecule has 2 nitrogen and oxygen atoms in total. The summed E-state index contributed by atoms with van der Waals surface area (Å²) in [6.45, 7) is 4.78. The Labute approximate surface area is 144 Å². The molecule has 0 saturated heterocycles. The topological polar surface area (TPSA) is 34.1 Å². The van der Waals surface area contributed by atoms with Crippen molar-refractivity contribution in [1.82, 2.24) is 0 Å². The molecule has 3 unspecified atom stereocenters. The molecule has 0 aromatic rings. The van der Waals surface area contributed by atoms with Gasteiger partial charge in [0, 0.05) is 18.3 Å². The maximum Gasteiger partial charge on any atom is 0.156 e. The van der Waals surface area contributed by atoms with Gasteiger partial charge in [-0.05, 0) is 78.8 Å². The smallest absolute Gasteiger partial charge is 0.156 e. The van der Waals surface area contributed by atoms with E-state index in [2.05, 4.69) is 26.0 Å². The Bertz CT molecular complexity index is 701. The fourth-order valence-corrected chi connectivity index (χ4v) is 7.70. The number of hydrogen-bond donors (Lipinski definition) is 0. The molecule has 6 atom stereocenters. The van der Waals surface area contributed by atoms with Gasteiger partial charge in [0.05, 0.1) is 0 Å². The second-order valence-corrected chi connectivity index (χ2v) is 9.67. The molecule has 5 aliphatic carbocycles. The van der Waals surface area contributed by atoms with Gasteiger partial charge < -0.3 is 0 Å². The van der Waals surface area contributed by atoms with Crippen LogP contribution in [0.1, 0.15) is 65.2 Å². The summed E-state index contributed by atoms with van der Waals surface area (Å²) in [5, 5.41) is 0. The van der Waals surface area contributed by atoms with Gasteiger partial charge in [0.15, 0.2) is 5.78 Å². The average molecular weight is 324 g/mol. The standard InChI is InChI=1S/C22H28O2/c1-20-9-6-18-16-4-3-14-13-15(23)5-11-21(14,2)17(16)7-12-22(18,20)19(24)8-10-20/h3-4,13,16-18H,5-12H2,1-2H3/t16?,17?,18?,20-,21-,22+/m0/s1. The maximum absolute atomic E-state index is 13.0. The lowest BCUT2D eigenvalue weighted by molar-refractivity contribution is -0.138. The van der Waals surface area contributed by atoms with Crippen molar-refractivity contribution in [3.8, 4) is 0 Å². The average Bonchev–Trinajstić information content (AvgIpc) is 2.99. The van der Waals surface area contributed by atoms with Crippen molar-refractivity contribution < 1.29 is 9.59 Å². The van der Waals surface area contributed by atoms with E-state index in [0.29, 0.717) is 30.0 Å². The second-order valence-electron chi connectivity index (χ2n) is 9.67. The Hall–Kier alpha value is -1.18. The van der Waals surface area contributed by atoms with Gasteiger partial charge in [0.25, 0.3) is 0 Å². The summed E-state index contributed by atoms with van der Waals surface area (Å²) < 4.78 is 0. The molecule has 2 heteroatoms. The summed E-state index contributed by atoms with van der Waals surface area (Å²) in [5.74, 6) is 2.57. The lowest BCUT2D eigenvalue weighted by Crippen LogP contribution is -2.52. The highest BCUT2D eigenvalue weighted by Crippen LogP contribution is 2.72. The van der Waals surface area contributed by atoms with E-state index < -0.39 is 0 Å². The van der Waals surface area contributed by atoms with Crippen molar-refractivity contribution >= 4 is 11.6 Å². The van der Waals surface area contributed by atoms with Gasteiger partial charge in [-0.3, -0.25) is 9.59 Å². The van der Waals surface area contributed by atoms with Crippen molar-refractivity contribution in [1.29, 1.82) is 0 Å². The van der Waals surface area contributed by atoms with Crippen LogP contribution in [0.4, 0.5) is 0 Å². The molecule has 0 amide bonds. The molecule has 5 aliphatic rings. The minimum Gasteiger partial charge on any atom is -0.299 e. The fourth-order valence-electron chi connectivity index (χ4n) is 7.70. The molecule has 1 spiro atoms. The zero-order valence-corrected chi connectivity index (χ0v) is 14.9. The van der Waals surface area contributed by atoms with Gasteiger partial charge in [-0.15, -0.1) is 0 Å². The Balaban J connectivity index is 1.60. The Morgan fingerprint density at radius 2 is 1.75 bits per heavy atom. The van der Waals surface area contributed by atoms with Crippen LogP contribution in [0.2, 0.25) is 0 Å². The zero-order chi connectivity index (χ0) is 16.7. The van der Waals surface area contributed by atoms with Crippen molar-refractivity contribution in [3.05, 3.63) is 23.8 Å². The fraction of sp³-hybridized carbons (Fsp3) is 0.727. The molecule has 3 saturated carbocycles. The molecule has 0 aromatic carbocycles. The highest BCUT2D eigenvalue weighted by molar-refractivity contribution is 5.92. The van der Waals surface area contributed by atoms with Crippen molar-refractivity contribution in [2.75, 3.05) is 0 Å². The summed E-state index contributed by atoms with van der Waals surface area (Å²) in [6, 6.07) is 0. The van der Waals surface area contributed by atoms with Crippen LogP contribution in [-0.4, -0.2) is 11.6 Å². The van der Waals surface area contributed by atoms with Crippen LogP contribution in [0, 0.1) is 34.0 Å². The summed E-state index contributed by atoms with van der Waals surface area (Å²) in [6.07, 6.45) is 14.9.